The zero-order chi connectivity index (χ0) is 16.7. The maximum absolute atomic E-state index is 11.9. The van der Waals surface area contributed by atoms with Crippen LogP contribution in [0, 0.1) is 0 Å². The minimum absolute atomic E-state index is 0.168. The highest BCUT2D eigenvalue weighted by molar-refractivity contribution is 9.09. The summed E-state index contributed by atoms with van der Waals surface area (Å²) in [7, 11) is 0. The molecule has 0 aromatic heterocycles. The third-order valence-electron chi connectivity index (χ3n) is 3.07. The van der Waals surface area contributed by atoms with Crippen LogP contribution in [-0.4, -0.2) is 30.9 Å². The molecule has 0 amide bonds. The van der Waals surface area contributed by atoms with E-state index < -0.39 is 18.8 Å². The number of hydrogen-bond acceptors (Lipinski definition) is 3. The fraction of sp³-hybridized carbons (Fsp3) is 0.933. The zero-order valence-corrected chi connectivity index (χ0v) is 14.5. The first kappa shape index (κ1) is 21.5. The molecule has 0 heterocycles. The minimum atomic E-state index is -4.05. The number of carbonyl (C=O) groups excluding carboxylic acids is 1. The highest BCUT2D eigenvalue weighted by Crippen LogP contribution is 2.22. The van der Waals surface area contributed by atoms with Gasteiger partial charge in [-0.1, -0.05) is 48.0 Å². The van der Waals surface area contributed by atoms with Crippen LogP contribution in [0.4, 0.5) is 18.0 Å². The summed E-state index contributed by atoms with van der Waals surface area (Å²) >= 11 is 3.35. The van der Waals surface area contributed by atoms with Crippen LogP contribution in [0.1, 0.15) is 64.2 Å². The molecule has 0 aromatic carbocycles. The maximum Gasteiger partial charge on any atom is 0.508 e. The monoisotopic (exact) mass is 390 g/mol. The topological polar surface area (TPSA) is 35.5 Å². The van der Waals surface area contributed by atoms with Gasteiger partial charge in [-0.2, -0.15) is 13.2 Å². The number of ether oxygens (including phenoxy) is 2. The fourth-order valence-electron chi connectivity index (χ4n) is 1.86. The molecule has 0 fully saturated rings. The molecule has 0 aliphatic rings. The van der Waals surface area contributed by atoms with Crippen LogP contribution >= 0.6 is 15.9 Å². The van der Waals surface area contributed by atoms with Crippen molar-refractivity contribution in [2.45, 2.75) is 70.4 Å². The predicted molar refractivity (Wildman–Crippen MR) is 83.3 cm³/mol. The molecule has 0 aliphatic heterocycles. The highest BCUT2D eigenvalue weighted by Gasteiger charge is 2.25. The van der Waals surface area contributed by atoms with Gasteiger partial charge in [0.1, 0.15) is 0 Å². The van der Waals surface area contributed by atoms with Gasteiger partial charge >= 0.3 is 12.3 Å². The molecule has 0 saturated carbocycles. The van der Waals surface area contributed by atoms with E-state index >= 15 is 0 Å². The summed E-state index contributed by atoms with van der Waals surface area (Å²) in [5, 5.41) is 0.992. The first-order valence-corrected chi connectivity index (χ1v) is 9.00. The van der Waals surface area contributed by atoms with Crippen molar-refractivity contribution < 1.29 is 27.4 Å². The minimum Gasteiger partial charge on any atom is -0.434 e. The lowest BCUT2D eigenvalue weighted by Gasteiger charge is -2.07. The molecule has 0 spiro atoms. The van der Waals surface area contributed by atoms with Crippen molar-refractivity contribution >= 4 is 22.1 Å². The molecule has 7 heteroatoms. The Morgan fingerprint density at radius 3 is 1.73 bits per heavy atom. The van der Waals surface area contributed by atoms with E-state index in [0.717, 1.165) is 43.9 Å². The van der Waals surface area contributed by atoms with Crippen molar-refractivity contribution in [3.8, 4) is 0 Å². The SMILES string of the molecule is O=C(OCCCCCCBr)OCCCCCCCC(F)(F)F. The van der Waals surface area contributed by atoms with Crippen molar-refractivity contribution in [1.82, 2.24) is 0 Å². The maximum atomic E-state index is 11.9. The molecule has 22 heavy (non-hydrogen) atoms. The van der Waals surface area contributed by atoms with Crippen molar-refractivity contribution in [3.05, 3.63) is 0 Å². The summed E-state index contributed by atoms with van der Waals surface area (Å²) in [6.45, 7) is 0.639. The van der Waals surface area contributed by atoms with Crippen LogP contribution < -0.4 is 0 Å². The van der Waals surface area contributed by atoms with Crippen LogP contribution in [0.3, 0.4) is 0 Å². The summed E-state index contributed by atoms with van der Waals surface area (Å²) < 4.78 is 45.5. The van der Waals surface area contributed by atoms with E-state index in [1.165, 1.54) is 0 Å². The van der Waals surface area contributed by atoms with Gasteiger partial charge in [0, 0.05) is 11.8 Å². The second-order valence-corrected chi connectivity index (χ2v) is 5.98. The summed E-state index contributed by atoms with van der Waals surface area (Å²) in [6.07, 6.45) is 1.53. The molecule has 0 atom stereocenters. The second kappa shape index (κ2) is 14.2. The van der Waals surface area contributed by atoms with Gasteiger partial charge < -0.3 is 9.47 Å². The molecular weight excluding hydrogens is 365 g/mol. The number of alkyl halides is 4. The summed E-state index contributed by atoms with van der Waals surface area (Å²) in [4.78, 5) is 11.2. The number of hydrogen-bond donors (Lipinski definition) is 0. The summed E-state index contributed by atoms with van der Waals surface area (Å²) in [5.74, 6) is 0. The molecular formula is C15H26BrF3O3. The van der Waals surface area contributed by atoms with E-state index in [1.54, 1.807) is 0 Å². The largest absolute Gasteiger partial charge is 0.508 e. The Hall–Kier alpha value is -0.460. The normalized spacial score (nSPS) is 11.5. The van der Waals surface area contributed by atoms with Crippen LogP contribution in [0.25, 0.3) is 0 Å². The molecule has 0 aliphatic carbocycles. The van der Waals surface area contributed by atoms with Crippen molar-refractivity contribution in [2.75, 3.05) is 18.5 Å². The van der Waals surface area contributed by atoms with E-state index in [9.17, 15) is 18.0 Å². The van der Waals surface area contributed by atoms with Gasteiger partial charge in [0.15, 0.2) is 0 Å². The van der Waals surface area contributed by atoms with Gasteiger partial charge in [-0.25, -0.2) is 4.79 Å². The molecule has 0 N–H and O–H groups in total. The van der Waals surface area contributed by atoms with Crippen LogP contribution in [0.2, 0.25) is 0 Å². The van der Waals surface area contributed by atoms with Gasteiger partial charge in [-0.15, -0.1) is 0 Å². The third kappa shape index (κ3) is 17.6. The van der Waals surface area contributed by atoms with E-state index in [-0.39, 0.29) is 13.0 Å². The molecule has 3 nitrogen and oxygen atoms in total. The Bertz CT molecular complexity index is 273. The van der Waals surface area contributed by atoms with Gasteiger partial charge in [0.05, 0.1) is 13.2 Å². The van der Waals surface area contributed by atoms with Gasteiger partial charge in [0.25, 0.3) is 0 Å². The molecule has 132 valence electrons. The Morgan fingerprint density at radius 2 is 1.23 bits per heavy atom. The molecule has 0 unspecified atom stereocenters. The van der Waals surface area contributed by atoms with E-state index in [1.807, 2.05) is 0 Å². The molecule has 0 rings (SSSR count). The van der Waals surface area contributed by atoms with Crippen LogP contribution in [0.15, 0.2) is 0 Å². The first-order valence-electron chi connectivity index (χ1n) is 7.88. The van der Waals surface area contributed by atoms with Gasteiger partial charge in [0.2, 0.25) is 0 Å². The average molecular weight is 391 g/mol. The lowest BCUT2D eigenvalue weighted by molar-refractivity contribution is -0.135. The van der Waals surface area contributed by atoms with Crippen LogP contribution in [-0.2, 0) is 9.47 Å². The number of halogens is 4. The Balaban J connectivity index is 3.22. The number of carbonyl (C=O) groups is 1. The van der Waals surface area contributed by atoms with Gasteiger partial charge in [-0.05, 0) is 25.7 Å². The van der Waals surface area contributed by atoms with E-state index in [4.69, 9.17) is 9.47 Å². The molecule has 0 bridgehead atoms. The standard InChI is InChI=1S/C15H26BrF3O3/c16-11-7-3-5-9-13-22-14(20)21-12-8-4-1-2-6-10-15(17,18)19/h1-13H2. The second-order valence-electron chi connectivity index (χ2n) is 5.18. The highest BCUT2D eigenvalue weighted by atomic mass is 79.9. The van der Waals surface area contributed by atoms with Crippen molar-refractivity contribution in [3.63, 3.8) is 0 Å². The number of unbranched alkanes of at least 4 members (excludes halogenated alkanes) is 7. The fourth-order valence-corrected chi connectivity index (χ4v) is 2.26. The van der Waals surface area contributed by atoms with Crippen molar-refractivity contribution in [2.24, 2.45) is 0 Å². The summed E-state index contributed by atoms with van der Waals surface area (Å²) in [5.41, 5.74) is 0. The predicted octanol–water partition coefficient (Wildman–Crippen LogP) is 6.00. The molecule has 0 aromatic rings. The first-order chi connectivity index (χ1) is 10.5. The number of rotatable bonds is 13. The van der Waals surface area contributed by atoms with E-state index in [0.29, 0.717) is 19.4 Å². The lowest BCUT2D eigenvalue weighted by Crippen LogP contribution is -2.09. The van der Waals surface area contributed by atoms with Crippen molar-refractivity contribution in [1.29, 1.82) is 0 Å². The summed E-state index contributed by atoms with van der Waals surface area (Å²) in [6, 6.07) is 0. The third-order valence-corrected chi connectivity index (χ3v) is 3.63. The van der Waals surface area contributed by atoms with Crippen LogP contribution in [0.5, 0.6) is 0 Å². The Kier molecular flexibility index (Phi) is 13.9. The zero-order valence-electron chi connectivity index (χ0n) is 12.9. The lowest BCUT2D eigenvalue weighted by atomic mass is 10.1. The molecule has 0 radical (unpaired) electrons. The average Bonchev–Trinajstić information content (AvgIpc) is 2.44. The quantitative estimate of drug-likeness (QED) is 0.220. The Labute approximate surface area is 139 Å². The smallest absolute Gasteiger partial charge is 0.434 e. The Morgan fingerprint density at radius 1 is 0.773 bits per heavy atom. The molecule has 0 saturated heterocycles. The van der Waals surface area contributed by atoms with Gasteiger partial charge in [-0.3, -0.25) is 0 Å². The van der Waals surface area contributed by atoms with E-state index in [2.05, 4.69) is 15.9 Å².